The molecule has 0 bridgehead atoms. The van der Waals surface area contributed by atoms with Crippen molar-refractivity contribution in [1.82, 2.24) is 0 Å². The smallest absolute Gasteiger partial charge is 0.306 e. The van der Waals surface area contributed by atoms with Gasteiger partial charge in [-0.2, -0.15) is 0 Å². The molecular weight excluding hydrogens is 937 g/mol. The number of carbonyl (C=O) groups is 3. The predicted molar refractivity (Wildman–Crippen MR) is 330 cm³/mol. The van der Waals surface area contributed by atoms with Gasteiger partial charge in [-0.3, -0.25) is 14.4 Å². The zero-order valence-corrected chi connectivity index (χ0v) is 51.8. The van der Waals surface area contributed by atoms with Crippen molar-refractivity contribution >= 4 is 17.9 Å². The second kappa shape index (κ2) is 65.7. The zero-order chi connectivity index (χ0) is 55.0. The number of rotatable bonds is 65. The standard InChI is InChI=1S/C70H134O6/c1-4-7-10-13-16-19-21-23-25-27-28-29-30-31-32-33-34-35-36-37-38-39-40-41-43-44-46-48-51-54-57-60-63-69(72)75-66-67(65-74-68(71)62-59-56-53-50-18-15-12-9-6-3)76-70(73)64-61-58-55-52-49-47-45-42-26-24-22-20-17-14-11-8-5-2/h24,26,67H,4-23,25,27-66H2,1-3H3/b26-24-. The summed E-state index contributed by atoms with van der Waals surface area (Å²) >= 11 is 0. The van der Waals surface area contributed by atoms with Gasteiger partial charge in [-0.05, 0) is 44.9 Å². The molecule has 0 saturated carbocycles. The highest BCUT2D eigenvalue weighted by Gasteiger charge is 2.19. The normalized spacial score (nSPS) is 12.0. The first-order chi connectivity index (χ1) is 37.5. The minimum absolute atomic E-state index is 0.0657. The summed E-state index contributed by atoms with van der Waals surface area (Å²) < 4.78 is 16.9. The largest absolute Gasteiger partial charge is 0.462 e. The van der Waals surface area contributed by atoms with Crippen LogP contribution in [0.2, 0.25) is 0 Å². The molecule has 1 unspecified atom stereocenters. The number of allylic oxidation sites excluding steroid dienone is 2. The van der Waals surface area contributed by atoms with Gasteiger partial charge >= 0.3 is 17.9 Å². The van der Waals surface area contributed by atoms with Crippen LogP contribution in [0.3, 0.4) is 0 Å². The molecule has 0 aromatic carbocycles. The molecule has 0 aromatic heterocycles. The van der Waals surface area contributed by atoms with Crippen LogP contribution in [0.15, 0.2) is 12.2 Å². The number of ether oxygens (including phenoxy) is 3. The number of hydrogen-bond acceptors (Lipinski definition) is 6. The Labute approximate surface area is 475 Å². The van der Waals surface area contributed by atoms with Gasteiger partial charge in [-0.15, -0.1) is 0 Å². The van der Waals surface area contributed by atoms with E-state index in [1.54, 1.807) is 0 Å². The first kappa shape index (κ1) is 74.2. The number of unbranched alkanes of at least 4 members (excludes halogenated alkanes) is 52. The first-order valence-corrected chi connectivity index (χ1v) is 34.7. The summed E-state index contributed by atoms with van der Waals surface area (Å²) in [6.45, 7) is 6.69. The second-order valence-corrected chi connectivity index (χ2v) is 23.8. The summed E-state index contributed by atoms with van der Waals surface area (Å²) in [5, 5.41) is 0. The lowest BCUT2D eigenvalue weighted by atomic mass is 10.0. The van der Waals surface area contributed by atoms with Gasteiger partial charge in [0.15, 0.2) is 6.10 Å². The summed E-state index contributed by atoms with van der Waals surface area (Å²) in [4.78, 5) is 38.2. The van der Waals surface area contributed by atoms with E-state index in [1.807, 2.05) is 0 Å². The Morgan fingerprint density at radius 2 is 0.434 bits per heavy atom. The molecule has 450 valence electrons. The van der Waals surface area contributed by atoms with Crippen molar-refractivity contribution in [1.29, 1.82) is 0 Å². The van der Waals surface area contributed by atoms with E-state index in [0.29, 0.717) is 19.3 Å². The van der Waals surface area contributed by atoms with Crippen LogP contribution in [0.5, 0.6) is 0 Å². The van der Waals surface area contributed by atoms with Crippen molar-refractivity contribution in [2.75, 3.05) is 13.2 Å². The van der Waals surface area contributed by atoms with E-state index in [1.165, 1.54) is 302 Å². The SMILES string of the molecule is CCCCCCCC/C=C\CCCCCCCCCC(=O)OC(COC(=O)CCCCCCCCCCC)COC(=O)CCCCCCCCCCCCCCCCCCCCCCCCCCCCCCCCCC. The molecule has 0 spiro atoms. The second-order valence-electron chi connectivity index (χ2n) is 23.8. The van der Waals surface area contributed by atoms with Crippen LogP contribution in [-0.4, -0.2) is 37.2 Å². The molecule has 6 heteroatoms. The van der Waals surface area contributed by atoms with Crippen LogP contribution < -0.4 is 0 Å². The fourth-order valence-electron chi connectivity index (χ4n) is 10.8. The number of hydrogen-bond donors (Lipinski definition) is 0. The van der Waals surface area contributed by atoms with E-state index < -0.39 is 6.10 Å². The van der Waals surface area contributed by atoms with Crippen molar-refractivity contribution in [3.05, 3.63) is 12.2 Å². The molecule has 0 saturated heterocycles. The number of carbonyl (C=O) groups excluding carboxylic acids is 3. The van der Waals surface area contributed by atoms with Gasteiger partial charge in [0.05, 0.1) is 0 Å². The predicted octanol–water partition coefficient (Wildman–Crippen LogP) is 23.6. The van der Waals surface area contributed by atoms with E-state index in [2.05, 4.69) is 32.9 Å². The lowest BCUT2D eigenvalue weighted by Crippen LogP contribution is -2.30. The van der Waals surface area contributed by atoms with Gasteiger partial charge in [0.25, 0.3) is 0 Å². The highest BCUT2D eigenvalue weighted by Crippen LogP contribution is 2.19. The quantitative estimate of drug-likeness (QED) is 0.0261. The Morgan fingerprint density at radius 1 is 0.250 bits per heavy atom. The molecule has 0 radical (unpaired) electrons. The van der Waals surface area contributed by atoms with Crippen LogP contribution >= 0.6 is 0 Å². The molecule has 0 aromatic rings. The van der Waals surface area contributed by atoms with Gasteiger partial charge in [0.1, 0.15) is 13.2 Å². The third kappa shape index (κ3) is 63.0. The molecular formula is C70H134O6. The summed E-state index contributed by atoms with van der Waals surface area (Å²) in [6.07, 6.45) is 78.4. The summed E-state index contributed by atoms with van der Waals surface area (Å²) in [7, 11) is 0. The monoisotopic (exact) mass is 1070 g/mol. The van der Waals surface area contributed by atoms with Crippen molar-refractivity contribution in [2.24, 2.45) is 0 Å². The molecule has 0 rings (SSSR count). The van der Waals surface area contributed by atoms with Gasteiger partial charge in [-0.25, -0.2) is 0 Å². The maximum Gasteiger partial charge on any atom is 0.306 e. The maximum atomic E-state index is 12.9. The van der Waals surface area contributed by atoms with Gasteiger partial charge in [0.2, 0.25) is 0 Å². The van der Waals surface area contributed by atoms with Crippen LogP contribution in [0.4, 0.5) is 0 Å². The fourth-order valence-corrected chi connectivity index (χ4v) is 10.8. The van der Waals surface area contributed by atoms with Crippen LogP contribution in [0, 0.1) is 0 Å². The number of esters is 3. The third-order valence-corrected chi connectivity index (χ3v) is 16.0. The zero-order valence-electron chi connectivity index (χ0n) is 51.8. The molecule has 0 aliphatic carbocycles. The summed E-state index contributed by atoms with van der Waals surface area (Å²) in [5.74, 6) is -0.845. The Bertz CT molecular complexity index is 1180. The van der Waals surface area contributed by atoms with Crippen molar-refractivity contribution in [2.45, 2.75) is 406 Å². The van der Waals surface area contributed by atoms with E-state index >= 15 is 0 Å². The van der Waals surface area contributed by atoms with E-state index in [9.17, 15) is 14.4 Å². The van der Waals surface area contributed by atoms with Gasteiger partial charge in [0, 0.05) is 19.3 Å². The Morgan fingerprint density at radius 3 is 0.658 bits per heavy atom. The van der Waals surface area contributed by atoms with Crippen molar-refractivity contribution < 1.29 is 28.6 Å². The molecule has 0 fully saturated rings. The van der Waals surface area contributed by atoms with Gasteiger partial charge in [-0.1, -0.05) is 348 Å². The first-order valence-electron chi connectivity index (χ1n) is 34.7. The van der Waals surface area contributed by atoms with E-state index in [-0.39, 0.29) is 31.1 Å². The highest BCUT2D eigenvalue weighted by atomic mass is 16.6. The molecule has 76 heavy (non-hydrogen) atoms. The van der Waals surface area contributed by atoms with Crippen molar-refractivity contribution in [3.8, 4) is 0 Å². The lowest BCUT2D eigenvalue weighted by Gasteiger charge is -2.18. The van der Waals surface area contributed by atoms with E-state index in [0.717, 1.165) is 57.8 Å². The topological polar surface area (TPSA) is 78.9 Å². The third-order valence-electron chi connectivity index (χ3n) is 16.0. The van der Waals surface area contributed by atoms with Crippen LogP contribution in [-0.2, 0) is 28.6 Å². The molecule has 0 heterocycles. The Hall–Kier alpha value is -1.85. The van der Waals surface area contributed by atoms with Crippen molar-refractivity contribution in [3.63, 3.8) is 0 Å². The van der Waals surface area contributed by atoms with Crippen LogP contribution in [0.25, 0.3) is 0 Å². The highest BCUT2D eigenvalue weighted by molar-refractivity contribution is 5.71. The summed E-state index contributed by atoms with van der Waals surface area (Å²) in [5.41, 5.74) is 0. The molecule has 1 atom stereocenters. The fraction of sp³-hybridized carbons (Fsp3) is 0.929. The average molecular weight is 1070 g/mol. The molecule has 6 nitrogen and oxygen atoms in total. The molecule has 0 N–H and O–H groups in total. The van der Waals surface area contributed by atoms with E-state index in [4.69, 9.17) is 14.2 Å². The van der Waals surface area contributed by atoms with Gasteiger partial charge < -0.3 is 14.2 Å². The molecule has 0 amide bonds. The van der Waals surface area contributed by atoms with Crippen LogP contribution in [0.1, 0.15) is 400 Å². The minimum atomic E-state index is -0.767. The summed E-state index contributed by atoms with van der Waals surface area (Å²) in [6, 6.07) is 0. The lowest BCUT2D eigenvalue weighted by molar-refractivity contribution is -0.167. The average Bonchev–Trinajstić information content (AvgIpc) is 3.42. The Kier molecular flexibility index (Phi) is 64.1. The molecule has 0 aliphatic heterocycles. The molecule has 0 aliphatic rings. The Balaban J connectivity index is 4.00. The maximum absolute atomic E-state index is 12.9. The minimum Gasteiger partial charge on any atom is -0.462 e.